The summed E-state index contributed by atoms with van der Waals surface area (Å²) < 4.78 is 38.2. The van der Waals surface area contributed by atoms with Gasteiger partial charge in [0.1, 0.15) is 17.7 Å². The van der Waals surface area contributed by atoms with E-state index in [1.54, 1.807) is 9.80 Å². The summed E-state index contributed by atoms with van der Waals surface area (Å²) in [5.74, 6) is -1.31. The monoisotopic (exact) mass is 444 g/mol. The first kappa shape index (κ1) is 22.0. The van der Waals surface area contributed by atoms with Crippen LogP contribution < -0.4 is 14.4 Å². The number of carbonyl (C=O) groups excluding carboxylic acids is 2. The highest BCUT2D eigenvalue weighted by Gasteiger charge is 2.39. The van der Waals surface area contributed by atoms with Gasteiger partial charge in [0, 0.05) is 45.0 Å². The molecule has 2 heterocycles. The zero-order chi connectivity index (χ0) is 22.7. The third-order valence-electron chi connectivity index (χ3n) is 5.87. The van der Waals surface area contributed by atoms with Gasteiger partial charge in [-0.05, 0) is 31.2 Å². The van der Waals surface area contributed by atoms with E-state index in [0.717, 1.165) is 12.1 Å². The van der Waals surface area contributed by atoms with Crippen LogP contribution in [0, 0.1) is 17.6 Å². The van der Waals surface area contributed by atoms with E-state index in [0.29, 0.717) is 50.5 Å². The smallest absolute Gasteiger partial charge is 0.228 e. The number of rotatable bonds is 6. The van der Waals surface area contributed by atoms with Gasteiger partial charge >= 0.3 is 0 Å². The summed E-state index contributed by atoms with van der Waals surface area (Å²) in [6.07, 6.45) is 0.996. The van der Waals surface area contributed by atoms with Crippen LogP contribution >= 0.6 is 0 Å². The number of anilines is 1. The normalized spacial score (nSPS) is 19.3. The molecule has 4 rings (SSSR count). The Morgan fingerprint density at radius 2 is 1.84 bits per heavy atom. The first-order valence-electron chi connectivity index (χ1n) is 10.9. The van der Waals surface area contributed by atoms with Crippen LogP contribution in [0.5, 0.6) is 11.5 Å². The molecule has 2 saturated heterocycles. The molecule has 8 heteroatoms. The molecule has 2 amide bonds. The zero-order valence-corrected chi connectivity index (χ0v) is 17.9. The Bertz CT molecular complexity index is 992. The topological polar surface area (TPSA) is 59.1 Å². The Balaban J connectivity index is 1.34. The van der Waals surface area contributed by atoms with E-state index in [9.17, 15) is 18.4 Å². The molecule has 0 spiro atoms. The van der Waals surface area contributed by atoms with Gasteiger partial charge in [-0.2, -0.15) is 0 Å². The van der Waals surface area contributed by atoms with Crippen LogP contribution in [0.2, 0.25) is 0 Å². The summed E-state index contributed by atoms with van der Waals surface area (Å²) in [7, 11) is 0. The second-order valence-electron chi connectivity index (χ2n) is 8.02. The largest absolute Gasteiger partial charge is 0.492 e. The van der Waals surface area contributed by atoms with Crippen molar-refractivity contribution in [1.82, 2.24) is 4.90 Å². The number of para-hydroxylation sites is 2. The minimum atomic E-state index is -0.736. The summed E-state index contributed by atoms with van der Waals surface area (Å²) >= 11 is 0. The molecule has 0 radical (unpaired) electrons. The Morgan fingerprint density at radius 1 is 1.09 bits per heavy atom. The van der Waals surface area contributed by atoms with Crippen LogP contribution in [-0.2, 0) is 9.59 Å². The number of benzene rings is 2. The molecule has 2 fully saturated rings. The molecule has 0 N–H and O–H groups in total. The van der Waals surface area contributed by atoms with Gasteiger partial charge in [-0.1, -0.05) is 12.1 Å². The van der Waals surface area contributed by atoms with E-state index in [-0.39, 0.29) is 30.1 Å². The van der Waals surface area contributed by atoms with Crippen molar-refractivity contribution in [1.29, 1.82) is 0 Å². The van der Waals surface area contributed by atoms with Gasteiger partial charge in [-0.25, -0.2) is 8.78 Å². The quantitative estimate of drug-likeness (QED) is 0.680. The number of hydrogen-bond acceptors (Lipinski definition) is 4. The first-order chi connectivity index (χ1) is 15.5. The Labute approximate surface area is 185 Å². The molecule has 2 aliphatic rings. The fourth-order valence-corrected chi connectivity index (χ4v) is 4.27. The van der Waals surface area contributed by atoms with Crippen molar-refractivity contribution in [3.63, 3.8) is 0 Å². The van der Waals surface area contributed by atoms with E-state index >= 15 is 0 Å². The minimum Gasteiger partial charge on any atom is -0.492 e. The molecular formula is C24H26F2N2O4. The SMILES string of the molecule is CCOc1ccccc1N1CC(C(=O)N2CCC(Oc3ccc(F)cc3F)CC2)CC1=O. The maximum atomic E-state index is 13.8. The molecule has 2 aliphatic heterocycles. The predicted molar refractivity (Wildman–Crippen MR) is 115 cm³/mol. The number of likely N-dealkylation sites (tertiary alicyclic amines) is 1. The molecule has 1 unspecified atom stereocenters. The number of amides is 2. The Morgan fingerprint density at radius 3 is 2.56 bits per heavy atom. The van der Waals surface area contributed by atoms with Gasteiger partial charge in [0.2, 0.25) is 11.8 Å². The summed E-state index contributed by atoms with van der Waals surface area (Å²) in [6.45, 7) is 3.62. The average molecular weight is 444 g/mol. The fraction of sp³-hybridized carbons (Fsp3) is 0.417. The predicted octanol–water partition coefficient (Wildman–Crippen LogP) is 3.79. The third kappa shape index (κ3) is 4.69. The van der Waals surface area contributed by atoms with Crippen LogP contribution in [-0.4, -0.2) is 49.1 Å². The molecule has 0 bridgehead atoms. The van der Waals surface area contributed by atoms with E-state index < -0.39 is 17.6 Å². The van der Waals surface area contributed by atoms with Crippen molar-refractivity contribution in [3.05, 3.63) is 54.1 Å². The average Bonchev–Trinajstić information content (AvgIpc) is 3.18. The maximum Gasteiger partial charge on any atom is 0.228 e. The van der Waals surface area contributed by atoms with E-state index in [1.807, 2.05) is 31.2 Å². The molecule has 32 heavy (non-hydrogen) atoms. The second kappa shape index (κ2) is 9.54. The number of piperidine rings is 1. The fourth-order valence-electron chi connectivity index (χ4n) is 4.27. The highest BCUT2D eigenvalue weighted by Crippen LogP contribution is 2.34. The summed E-state index contributed by atoms with van der Waals surface area (Å²) in [5.41, 5.74) is 0.683. The Kier molecular flexibility index (Phi) is 6.58. The molecule has 2 aromatic rings. The molecule has 0 aliphatic carbocycles. The van der Waals surface area contributed by atoms with E-state index in [2.05, 4.69) is 0 Å². The summed E-state index contributed by atoms with van der Waals surface area (Å²) in [5, 5.41) is 0. The minimum absolute atomic E-state index is 0.0150. The van der Waals surface area contributed by atoms with Gasteiger partial charge in [0.05, 0.1) is 18.2 Å². The molecular weight excluding hydrogens is 418 g/mol. The number of hydrogen-bond donors (Lipinski definition) is 0. The van der Waals surface area contributed by atoms with E-state index in [1.165, 1.54) is 6.07 Å². The molecule has 170 valence electrons. The van der Waals surface area contributed by atoms with Crippen molar-refractivity contribution in [2.45, 2.75) is 32.3 Å². The van der Waals surface area contributed by atoms with Crippen molar-refractivity contribution < 1.29 is 27.8 Å². The number of halogens is 2. The van der Waals surface area contributed by atoms with Crippen LogP contribution in [0.25, 0.3) is 0 Å². The van der Waals surface area contributed by atoms with Crippen molar-refractivity contribution in [2.75, 3.05) is 31.1 Å². The molecule has 0 saturated carbocycles. The Hall–Kier alpha value is -3.16. The van der Waals surface area contributed by atoms with E-state index in [4.69, 9.17) is 9.47 Å². The highest BCUT2D eigenvalue weighted by molar-refractivity contribution is 6.01. The lowest BCUT2D eigenvalue weighted by atomic mass is 10.0. The zero-order valence-electron chi connectivity index (χ0n) is 17.9. The van der Waals surface area contributed by atoms with Crippen LogP contribution in [0.3, 0.4) is 0 Å². The highest BCUT2D eigenvalue weighted by atomic mass is 19.1. The molecule has 1 atom stereocenters. The van der Waals surface area contributed by atoms with Gasteiger partial charge in [0.25, 0.3) is 0 Å². The lowest BCUT2D eigenvalue weighted by Crippen LogP contribution is -2.45. The number of carbonyl (C=O) groups is 2. The maximum absolute atomic E-state index is 13.8. The van der Waals surface area contributed by atoms with Crippen LogP contribution in [0.15, 0.2) is 42.5 Å². The molecule has 2 aromatic carbocycles. The van der Waals surface area contributed by atoms with Crippen molar-refractivity contribution >= 4 is 17.5 Å². The van der Waals surface area contributed by atoms with Gasteiger partial charge in [-0.3, -0.25) is 9.59 Å². The van der Waals surface area contributed by atoms with Gasteiger partial charge in [-0.15, -0.1) is 0 Å². The van der Waals surface area contributed by atoms with Crippen LogP contribution in [0.1, 0.15) is 26.2 Å². The number of ether oxygens (including phenoxy) is 2. The van der Waals surface area contributed by atoms with Gasteiger partial charge < -0.3 is 19.3 Å². The molecule has 6 nitrogen and oxygen atoms in total. The lowest BCUT2D eigenvalue weighted by molar-refractivity contribution is -0.137. The summed E-state index contributed by atoms with van der Waals surface area (Å²) in [4.78, 5) is 29.1. The standard InChI is InChI=1S/C24H26F2N2O4/c1-2-31-22-6-4-3-5-20(22)28-15-16(13-23(28)29)24(30)27-11-9-18(10-12-27)32-21-8-7-17(25)14-19(21)26/h3-8,14,16,18H,2,9-13,15H2,1H3. The third-order valence-corrected chi connectivity index (χ3v) is 5.87. The molecule has 0 aromatic heterocycles. The van der Waals surface area contributed by atoms with Crippen LogP contribution in [0.4, 0.5) is 14.5 Å². The van der Waals surface area contributed by atoms with Crippen molar-refractivity contribution in [3.8, 4) is 11.5 Å². The number of nitrogens with zero attached hydrogens (tertiary/aromatic N) is 2. The first-order valence-corrected chi connectivity index (χ1v) is 10.9. The lowest BCUT2D eigenvalue weighted by Gasteiger charge is -2.33. The van der Waals surface area contributed by atoms with Gasteiger partial charge in [0.15, 0.2) is 11.6 Å². The summed E-state index contributed by atoms with van der Waals surface area (Å²) in [6, 6.07) is 10.6. The van der Waals surface area contributed by atoms with Crippen molar-refractivity contribution in [2.24, 2.45) is 5.92 Å². The second-order valence-corrected chi connectivity index (χ2v) is 8.02.